The molecule has 0 spiro atoms. The monoisotopic (exact) mass is 246 g/mol. The van der Waals surface area contributed by atoms with Crippen LogP contribution in [0.15, 0.2) is 24.3 Å². The highest BCUT2D eigenvalue weighted by Gasteiger charge is 2.25. The predicted molar refractivity (Wildman–Crippen MR) is 78.1 cm³/mol. The molecule has 0 aromatic heterocycles. The second kappa shape index (κ2) is 6.35. The van der Waals surface area contributed by atoms with Crippen molar-refractivity contribution in [1.82, 2.24) is 10.2 Å². The third kappa shape index (κ3) is 3.56. The minimum Gasteiger partial charge on any atom is -0.315 e. The molecule has 18 heavy (non-hydrogen) atoms. The Morgan fingerprint density at radius 2 is 2.11 bits per heavy atom. The first-order valence-corrected chi connectivity index (χ1v) is 7.14. The lowest BCUT2D eigenvalue weighted by Gasteiger charge is -2.33. The normalized spacial score (nSPS) is 17.9. The molecule has 0 saturated carbocycles. The molecule has 1 aliphatic carbocycles. The van der Waals surface area contributed by atoms with Crippen LogP contribution >= 0.6 is 0 Å². The van der Waals surface area contributed by atoms with Crippen LogP contribution in [-0.4, -0.2) is 38.1 Å². The third-order valence-electron chi connectivity index (χ3n) is 3.72. The van der Waals surface area contributed by atoms with Gasteiger partial charge in [0, 0.05) is 25.6 Å². The number of benzene rings is 1. The molecular formula is C16H26N2. The molecule has 1 unspecified atom stereocenters. The van der Waals surface area contributed by atoms with Crippen LogP contribution in [0, 0.1) is 5.92 Å². The Hall–Kier alpha value is -0.860. The smallest absolute Gasteiger partial charge is 0.0104 e. The molecule has 1 aromatic carbocycles. The lowest BCUT2D eigenvalue weighted by atomic mass is 9.77. The Morgan fingerprint density at radius 3 is 2.83 bits per heavy atom. The maximum atomic E-state index is 3.50. The number of likely N-dealkylation sites (N-methyl/N-ethyl adjacent to an activating group) is 1. The van der Waals surface area contributed by atoms with Gasteiger partial charge in [0.15, 0.2) is 0 Å². The van der Waals surface area contributed by atoms with E-state index in [0.717, 1.165) is 31.5 Å². The fourth-order valence-electron chi connectivity index (χ4n) is 2.65. The van der Waals surface area contributed by atoms with E-state index in [1.54, 1.807) is 11.1 Å². The summed E-state index contributed by atoms with van der Waals surface area (Å²) in [6.07, 6.45) is 1.26. The Bertz CT molecular complexity index is 373. The molecule has 2 rings (SSSR count). The molecule has 100 valence electrons. The number of fused-ring (bicyclic) bond motifs is 1. The maximum absolute atomic E-state index is 3.50. The topological polar surface area (TPSA) is 15.3 Å². The van der Waals surface area contributed by atoms with Crippen LogP contribution in [0.2, 0.25) is 0 Å². The summed E-state index contributed by atoms with van der Waals surface area (Å²) < 4.78 is 0. The molecule has 0 amide bonds. The summed E-state index contributed by atoms with van der Waals surface area (Å²) in [6, 6.07) is 8.86. The van der Waals surface area contributed by atoms with Crippen molar-refractivity contribution in [2.45, 2.75) is 26.2 Å². The van der Waals surface area contributed by atoms with Crippen LogP contribution < -0.4 is 5.32 Å². The first kappa shape index (κ1) is 13.6. The molecule has 0 fully saturated rings. The molecule has 0 saturated heterocycles. The van der Waals surface area contributed by atoms with E-state index in [-0.39, 0.29) is 0 Å². The molecule has 0 heterocycles. The molecule has 2 heteroatoms. The van der Waals surface area contributed by atoms with Crippen LogP contribution in [-0.2, 0) is 6.42 Å². The van der Waals surface area contributed by atoms with Gasteiger partial charge >= 0.3 is 0 Å². The van der Waals surface area contributed by atoms with Crippen molar-refractivity contribution in [2.75, 3.05) is 33.2 Å². The summed E-state index contributed by atoms with van der Waals surface area (Å²) in [5, 5.41) is 3.50. The number of hydrogen-bond acceptors (Lipinski definition) is 2. The van der Waals surface area contributed by atoms with Gasteiger partial charge < -0.3 is 10.2 Å². The van der Waals surface area contributed by atoms with Gasteiger partial charge in [-0.3, -0.25) is 0 Å². The summed E-state index contributed by atoms with van der Waals surface area (Å²) in [4.78, 5) is 2.45. The molecule has 1 aliphatic rings. The maximum Gasteiger partial charge on any atom is 0.0104 e. The summed E-state index contributed by atoms with van der Waals surface area (Å²) in [5.41, 5.74) is 3.12. The fourth-order valence-corrected chi connectivity index (χ4v) is 2.65. The minimum absolute atomic E-state index is 0.744. The zero-order valence-electron chi connectivity index (χ0n) is 11.9. The zero-order chi connectivity index (χ0) is 13.0. The van der Waals surface area contributed by atoms with Crippen molar-refractivity contribution in [3.8, 4) is 0 Å². The number of nitrogens with one attached hydrogen (secondary N) is 1. The molecular weight excluding hydrogens is 220 g/mol. The summed E-state index contributed by atoms with van der Waals surface area (Å²) in [7, 11) is 2.23. The van der Waals surface area contributed by atoms with E-state index >= 15 is 0 Å². The standard InChI is InChI=1S/C16H26N2/c1-13(2)11-17-8-9-18(3)12-15-10-14-6-4-5-7-16(14)15/h4-7,13,15,17H,8-12H2,1-3H3. The Kier molecular flexibility index (Phi) is 4.79. The Labute approximate surface area is 111 Å². The first-order chi connectivity index (χ1) is 8.66. The Morgan fingerprint density at radius 1 is 1.33 bits per heavy atom. The highest BCUT2D eigenvalue weighted by atomic mass is 15.1. The van der Waals surface area contributed by atoms with Crippen molar-refractivity contribution in [1.29, 1.82) is 0 Å². The minimum atomic E-state index is 0.744. The van der Waals surface area contributed by atoms with Crippen molar-refractivity contribution < 1.29 is 0 Å². The van der Waals surface area contributed by atoms with Gasteiger partial charge in [-0.1, -0.05) is 38.1 Å². The largest absolute Gasteiger partial charge is 0.315 e. The van der Waals surface area contributed by atoms with E-state index < -0.39 is 0 Å². The van der Waals surface area contributed by atoms with Gasteiger partial charge in [-0.05, 0) is 37.1 Å². The molecule has 0 aliphatic heterocycles. The molecule has 1 aromatic rings. The quantitative estimate of drug-likeness (QED) is 0.744. The van der Waals surface area contributed by atoms with E-state index in [9.17, 15) is 0 Å². The number of nitrogens with zero attached hydrogens (tertiary/aromatic N) is 1. The SMILES string of the molecule is CC(C)CNCCN(C)CC1Cc2ccccc21. The van der Waals surface area contributed by atoms with Crippen LogP contribution in [0.5, 0.6) is 0 Å². The van der Waals surface area contributed by atoms with E-state index in [1.807, 2.05) is 0 Å². The molecule has 1 atom stereocenters. The summed E-state index contributed by atoms with van der Waals surface area (Å²) in [6.45, 7) is 9.07. The number of hydrogen-bond donors (Lipinski definition) is 1. The van der Waals surface area contributed by atoms with Crippen LogP contribution in [0.3, 0.4) is 0 Å². The van der Waals surface area contributed by atoms with Gasteiger partial charge in [0.25, 0.3) is 0 Å². The van der Waals surface area contributed by atoms with Crippen molar-refractivity contribution in [3.63, 3.8) is 0 Å². The summed E-state index contributed by atoms with van der Waals surface area (Å²) in [5.74, 6) is 1.50. The fraction of sp³-hybridized carbons (Fsp3) is 0.625. The van der Waals surface area contributed by atoms with Gasteiger partial charge in [0.2, 0.25) is 0 Å². The van der Waals surface area contributed by atoms with E-state index in [4.69, 9.17) is 0 Å². The molecule has 0 radical (unpaired) electrons. The predicted octanol–water partition coefficient (Wildman–Crippen LogP) is 2.50. The van der Waals surface area contributed by atoms with Crippen LogP contribution in [0.25, 0.3) is 0 Å². The molecule has 2 nitrogen and oxygen atoms in total. The van der Waals surface area contributed by atoms with Crippen molar-refractivity contribution in [3.05, 3.63) is 35.4 Å². The number of rotatable bonds is 7. The van der Waals surface area contributed by atoms with E-state index in [2.05, 4.69) is 55.4 Å². The average Bonchev–Trinajstić information content (AvgIpc) is 2.31. The summed E-state index contributed by atoms with van der Waals surface area (Å²) >= 11 is 0. The highest BCUT2D eigenvalue weighted by Crippen LogP contribution is 2.34. The van der Waals surface area contributed by atoms with Crippen LogP contribution in [0.1, 0.15) is 30.9 Å². The second-order valence-corrected chi connectivity index (χ2v) is 5.96. The van der Waals surface area contributed by atoms with Gasteiger partial charge in [-0.2, -0.15) is 0 Å². The molecule has 1 N–H and O–H groups in total. The average molecular weight is 246 g/mol. The lowest BCUT2D eigenvalue weighted by molar-refractivity contribution is 0.296. The zero-order valence-corrected chi connectivity index (χ0v) is 11.9. The van der Waals surface area contributed by atoms with E-state index in [1.165, 1.54) is 13.0 Å². The lowest BCUT2D eigenvalue weighted by Crippen LogP contribution is -2.36. The van der Waals surface area contributed by atoms with E-state index in [0.29, 0.717) is 0 Å². The van der Waals surface area contributed by atoms with Crippen molar-refractivity contribution >= 4 is 0 Å². The van der Waals surface area contributed by atoms with Crippen molar-refractivity contribution in [2.24, 2.45) is 5.92 Å². The Balaban J connectivity index is 1.66. The van der Waals surface area contributed by atoms with Gasteiger partial charge in [0.05, 0.1) is 0 Å². The first-order valence-electron chi connectivity index (χ1n) is 7.14. The van der Waals surface area contributed by atoms with Crippen LogP contribution in [0.4, 0.5) is 0 Å². The third-order valence-corrected chi connectivity index (χ3v) is 3.72. The second-order valence-electron chi connectivity index (χ2n) is 5.96. The van der Waals surface area contributed by atoms with Gasteiger partial charge in [-0.25, -0.2) is 0 Å². The highest BCUT2D eigenvalue weighted by molar-refractivity contribution is 5.40. The van der Waals surface area contributed by atoms with Gasteiger partial charge in [0.1, 0.15) is 0 Å². The van der Waals surface area contributed by atoms with Gasteiger partial charge in [-0.15, -0.1) is 0 Å². The molecule has 0 bridgehead atoms.